The van der Waals surface area contributed by atoms with Crippen LogP contribution in [-0.2, 0) is 14.3 Å². The van der Waals surface area contributed by atoms with Crippen LogP contribution in [0.25, 0.3) is 0 Å². The fourth-order valence-corrected chi connectivity index (χ4v) is 1.52. The Morgan fingerprint density at radius 3 is 2.70 bits per heavy atom. The van der Waals surface area contributed by atoms with Gasteiger partial charge in [-0.2, -0.15) is 0 Å². The maximum absolute atomic E-state index is 11.8. The van der Waals surface area contributed by atoms with E-state index < -0.39 is 6.04 Å². The Morgan fingerprint density at radius 2 is 2.00 bits per heavy atom. The first-order chi connectivity index (χ1) is 9.67. The molecule has 1 aromatic carbocycles. The fraction of sp³-hybridized carbons (Fsp3) is 0.500. The molecule has 1 aromatic rings. The summed E-state index contributed by atoms with van der Waals surface area (Å²) in [6, 6.07) is 6.56. The second kappa shape index (κ2) is 9.30. The number of hydrogen-bond donors (Lipinski definition) is 2. The minimum Gasteiger partial charge on any atom is -0.491 e. The van der Waals surface area contributed by atoms with Crippen LogP contribution in [0.4, 0.5) is 5.69 Å². The first-order valence-corrected chi connectivity index (χ1v) is 6.44. The highest BCUT2D eigenvalue weighted by molar-refractivity contribution is 5.94. The Morgan fingerprint density at radius 1 is 1.25 bits per heavy atom. The van der Waals surface area contributed by atoms with Gasteiger partial charge in [-0.3, -0.25) is 4.79 Å². The third kappa shape index (κ3) is 6.01. The molecule has 0 bridgehead atoms. The third-order valence-corrected chi connectivity index (χ3v) is 2.63. The van der Waals surface area contributed by atoms with Crippen LogP contribution >= 0.6 is 0 Å². The lowest BCUT2D eigenvalue weighted by atomic mass is 10.2. The number of benzene rings is 1. The van der Waals surface area contributed by atoms with Gasteiger partial charge in [0.15, 0.2) is 0 Å². The molecule has 0 saturated carbocycles. The number of methoxy groups -OCH3 is 2. The van der Waals surface area contributed by atoms with Crippen molar-refractivity contribution in [2.45, 2.75) is 12.5 Å². The predicted molar refractivity (Wildman–Crippen MR) is 76.9 cm³/mol. The Labute approximate surface area is 119 Å². The van der Waals surface area contributed by atoms with E-state index in [1.807, 2.05) is 6.07 Å². The minimum atomic E-state index is -0.590. The molecule has 0 radical (unpaired) electrons. The standard InChI is InChI=1S/C14H22N2O4/c1-18-7-6-13(15)14(17)16-11-4-3-5-12(10-11)20-9-8-19-2/h3-5,10,13H,6-9,15H2,1-2H3,(H,16,17). The zero-order chi connectivity index (χ0) is 14.8. The summed E-state index contributed by atoms with van der Waals surface area (Å²) >= 11 is 0. The van der Waals surface area contributed by atoms with Gasteiger partial charge in [0, 0.05) is 32.6 Å². The maximum Gasteiger partial charge on any atom is 0.241 e. The summed E-state index contributed by atoms with van der Waals surface area (Å²) in [5, 5.41) is 2.75. The normalized spacial score (nSPS) is 11.9. The molecule has 20 heavy (non-hydrogen) atoms. The lowest BCUT2D eigenvalue weighted by molar-refractivity contribution is -0.117. The van der Waals surface area contributed by atoms with Crippen molar-refractivity contribution in [1.29, 1.82) is 0 Å². The SMILES string of the molecule is COCCOc1cccc(NC(=O)C(N)CCOC)c1. The van der Waals surface area contributed by atoms with Crippen LogP contribution in [0.5, 0.6) is 5.75 Å². The highest BCUT2D eigenvalue weighted by Crippen LogP contribution is 2.17. The van der Waals surface area contributed by atoms with Gasteiger partial charge in [0.25, 0.3) is 0 Å². The summed E-state index contributed by atoms with van der Waals surface area (Å²) in [6.45, 7) is 1.43. The number of carbonyl (C=O) groups is 1. The number of hydrogen-bond acceptors (Lipinski definition) is 5. The van der Waals surface area contributed by atoms with Crippen LogP contribution in [-0.4, -0.2) is 46.0 Å². The molecule has 0 fully saturated rings. The molecule has 112 valence electrons. The first-order valence-electron chi connectivity index (χ1n) is 6.44. The fourth-order valence-electron chi connectivity index (χ4n) is 1.52. The lowest BCUT2D eigenvalue weighted by Crippen LogP contribution is -2.36. The van der Waals surface area contributed by atoms with E-state index in [2.05, 4.69) is 5.32 Å². The van der Waals surface area contributed by atoms with Crippen LogP contribution in [0.3, 0.4) is 0 Å². The molecule has 0 aromatic heterocycles. The van der Waals surface area contributed by atoms with Crippen molar-refractivity contribution in [3.63, 3.8) is 0 Å². The third-order valence-electron chi connectivity index (χ3n) is 2.63. The van der Waals surface area contributed by atoms with Crippen molar-refractivity contribution in [1.82, 2.24) is 0 Å². The first kappa shape index (κ1) is 16.4. The van der Waals surface area contributed by atoms with Crippen molar-refractivity contribution >= 4 is 11.6 Å². The van der Waals surface area contributed by atoms with Crippen molar-refractivity contribution in [2.75, 3.05) is 39.4 Å². The molecule has 3 N–H and O–H groups in total. The average Bonchev–Trinajstić information content (AvgIpc) is 2.45. The molecule has 1 unspecified atom stereocenters. The number of anilines is 1. The van der Waals surface area contributed by atoms with E-state index in [0.29, 0.717) is 37.7 Å². The number of amides is 1. The Bertz CT molecular complexity index is 412. The van der Waals surface area contributed by atoms with Gasteiger partial charge >= 0.3 is 0 Å². The van der Waals surface area contributed by atoms with Gasteiger partial charge < -0.3 is 25.3 Å². The highest BCUT2D eigenvalue weighted by Gasteiger charge is 2.13. The highest BCUT2D eigenvalue weighted by atomic mass is 16.5. The Kier molecular flexibility index (Phi) is 7.64. The molecule has 0 heterocycles. The molecule has 0 aliphatic carbocycles. The quantitative estimate of drug-likeness (QED) is 0.661. The van der Waals surface area contributed by atoms with E-state index in [-0.39, 0.29) is 5.91 Å². The second-order valence-corrected chi connectivity index (χ2v) is 4.25. The van der Waals surface area contributed by atoms with Gasteiger partial charge in [-0.05, 0) is 18.6 Å². The van der Waals surface area contributed by atoms with E-state index in [0.717, 1.165) is 0 Å². The topological polar surface area (TPSA) is 82.8 Å². The molecular formula is C14H22N2O4. The summed E-state index contributed by atoms with van der Waals surface area (Å²) in [5.41, 5.74) is 6.40. The smallest absolute Gasteiger partial charge is 0.241 e. The van der Waals surface area contributed by atoms with Crippen LogP contribution in [0.15, 0.2) is 24.3 Å². The summed E-state index contributed by atoms with van der Waals surface area (Å²) in [4.78, 5) is 11.8. The molecule has 6 heteroatoms. The minimum absolute atomic E-state index is 0.240. The summed E-state index contributed by atoms with van der Waals surface area (Å²) < 4.78 is 15.3. The molecule has 1 amide bonds. The molecule has 1 atom stereocenters. The van der Waals surface area contributed by atoms with Crippen molar-refractivity contribution in [3.8, 4) is 5.75 Å². The zero-order valence-corrected chi connectivity index (χ0v) is 11.9. The van der Waals surface area contributed by atoms with Gasteiger partial charge in [-0.1, -0.05) is 6.07 Å². The monoisotopic (exact) mass is 282 g/mol. The predicted octanol–water partition coefficient (Wildman–Crippen LogP) is 1.01. The van der Waals surface area contributed by atoms with Crippen molar-refractivity contribution < 1.29 is 19.0 Å². The van der Waals surface area contributed by atoms with Gasteiger partial charge in [-0.15, -0.1) is 0 Å². The maximum atomic E-state index is 11.8. The largest absolute Gasteiger partial charge is 0.491 e. The van der Waals surface area contributed by atoms with Crippen molar-refractivity contribution in [2.24, 2.45) is 5.73 Å². The van der Waals surface area contributed by atoms with E-state index in [9.17, 15) is 4.79 Å². The Hall–Kier alpha value is -1.63. The zero-order valence-electron chi connectivity index (χ0n) is 11.9. The van der Waals surface area contributed by atoms with Crippen molar-refractivity contribution in [3.05, 3.63) is 24.3 Å². The van der Waals surface area contributed by atoms with Gasteiger partial charge in [0.05, 0.1) is 12.6 Å². The molecule has 0 aliphatic rings. The number of nitrogens with one attached hydrogen (secondary N) is 1. The van der Waals surface area contributed by atoms with Crippen LogP contribution in [0, 0.1) is 0 Å². The van der Waals surface area contributed by atoms with Gasteiger partial charge in [0.2, 0.25) is 5.91 Å². The summed E-state index contributed by atoms with van der Waals surface area (Å²) in [7, 11) is 3.19. The second-order valence-electron chi connectivity index (χ2n) is 4.25. The molecule has 6 nitrogen and oxygen atoms in total. The van der Waals surface area contributed by atoms with E-state index >= 15 is 0 Å². The number of nitrogens with two attached hydrogens (primary N) is 1. The van der Waals surface area contributed by atoms with Crippen LogP contribution < -0.4 is 15.8 Å². The van der Waals surface area contributed by atoms with E-state index in [1.54, 1.807) is 32.4 Å². The average molecular weight is 282 g/mol. The molecule has 0 saturated heterocycles. The Balaban J connectivity index is 2.50. The lowest BCUT2D eigenvalue weighted by Gasteiger charge is -2.12. The molecule has 0 spiro atoms. The van der Waals surface area contributed by atoms with E-state index in [4.69, 9.17) is 19.9 Å². The summed E-state index contributed by atoms with van der Waals surface area (Å²) in [6.07, 6.45) is 0.479. The number of ether oxygens (including phenoxy) is 3. The number of rotatable bonds is 9. The van der Waals surface area contributed by atoms with Crippen LogP contribution in [0.2, 0.25) is 0 Å². The van der Waals surface area contributed by atoms with Gasteiger partial charge in [0.1, 0.15) is 12.4 Å². The van der Waals surface area contributed by atoms with Gasteiger partial charge in [-0.25, -0.2) is 0 Å². The molecule has 0 aliphatic heterocycles. The van der Waals surface area contributed by atoms with E-state index in [1.165, 1.54) is 0 Å². The number of carbonyl (C=O) groups excluding carboxylic acids is 1. The van der Waals surface area contributed by atoms with Crippen LogP contribution in [0.1, 0.15) is 6.42 Å². The summed E-state index contributed by atoms with van der Waals surface area (Å²) in [5.74, 6) is 0.432. The molecule has 1 rings (SSSR count). The molecular weight excluding hydrogens is 260 g/mol.